The van der Waals surface area contributed by atoms with Crippen molar-refractivity contribution in [2.24, 2.45) is 5.92 Å². The number of aliphatic hydroxyl groups is 1. The minimum absolute atomic E-state index is 0.0847. The van der Waals surface area contributed by atoms with Crippen LogP contribution in [0.15, 0.2) is 0 Å². The zero-order valence-electron chi connectivity index (χ0n) is 11.6. The molecule has 0 spiro atoms. The van der Waals surface area contributed by atoms with E-state index in [1.807, 2.05) is 0 Å². The van der Waals surface area contributed by atoms with Gasteiger partial charge in [-0.3, -0.25) is 0 Å². The van der Waals surface area contributed by atoms with E-state index >= 15 is 0 Å². The third kappa shape index (κ3) is 4.15. The zero-order valence-corrected chi connectivity index (χ0v) is 12.4. The van der Waals surface area contributed by atoms with Crippen LogP contribution in [0.2, 0.25) is 0 Å². The summed E-state index contributed by atoms with van der Waals surface area (Å²) in [4.78, 5) is 0. The number of piperidine rings is 1. The first-order valence-electron chi connectivity index (χ1n) is 7.44. The lowest BCUT2D eigenvalue weighted by Crippen LogP contribution is -2.45. The van der Waals surface area contributed by atoms with Gasteiger partial charge in [0.2, 0.25) is 10.0 Å². The SMILES string of the molecule is O=S(=O)(CC1CCCNC1)N(CCO)C1CCCC1. The van der Waals surface area contributed by atoms with E-state index in [0.29, 0.717) is 0 Å². The van der Waals surface area contributed by atoms with Gasteiger partial charge >= 0.3 is 0 Å². The Morgan fingerprint density at radius 2 is 1.89 bits per heavy atom. The van der Waals surface area contributed by atoms with Crippen LogP contribution in [0, 0.1) is 5.92 Å². The van der Waals surface area contributed by atoms with Crippen LogP contribution in [-0.2, 0) is 10.0 Å². The van der Waals surface area contributed by atoms with Gasteiger partial charge in [-0.25, -0.2) is 8.42 Å². The second-order valence-corrected chi connectivity index (χ2v) is 7.73. The monoisotopic (exact) mass is 290 g/mol. The Morgan fingerprint density at radius 1 is 1.16 bits per heavy atom. The van der Waals surface area contributed by atoms with Gasteiger partial charge in [0.05, 0.1) is 12.4 Å². The molecule has 1 aliphatic heterocycles. The fraction of sp³-hybridized carbons (Fsp3) is 1.00. The molecule has 1 aliphatic carbocycles. The largest absolute Gasteiger partial charge is 0.395 e. The fourth-order valence-electron chi connectivity index (χ4n) is 3.30. The van der Waals surface area contributed by atoms with E-state index in [1.165, 1.54) is 0 Å². The van der Waals surface area contributed by atoms with E-state index in [4.69, 9.17) is 5.11 Å². The molecule has 0 bridgehead atoms. The summed E-state index contributed by atoms with van der Waals surface area (Å²) < 4.78 is 26.7. The van der Waals surface area contributed by atoms with Gasteiger partial charge in [0, 0.05) is 12.6 Å². The third-order valence-electron chi connectivity index (χ3n) is 4.25. The lowest BCUT2D eigenvalue weighted by molar-refractivity contribution is 0.225. The first-order chi connectivity index (χ1) is 9.13. The van der Waals surface area contributed by atoms with Crippen molar-refractivity contribution in [3.63, 3.8) is 0 Å². The van der Waals surface area contributed by atoms with Gasteiger partial charge < -0.3 is 10.4 Å². The number of sulfonamides is 1. The minimum Gasteiger partial charge on any atom is -0.395 e. The van der Waals surface area contributed by atoms with Gasteiger partial charge in [0.1, 0.15) is 0 Å². The van der Waals surface area contributed by atoms with Crippen molar-refractivity contribution in [1.82, 2.24) is 9.62 Å². The summed E-state index contributed by atoms with van der Waals surface area (Å²) in [7, 11) is -3.23. The lowest BCUT2D eigenvalue weighted by Gasteiger charge is -2.30. The molecule has 1 atom stereocenters. The maximum Gasteiger partial charge on any atom is 0.214 e. The summed E-state index contributed by atoms with van der Waals surface area (Å²) in [6.07, 6.45) is 6.15. The molecule has 0 amide bonds. The van der Waals surface area contributed by atoms with E-state index < -0.39 is 10.0 Å². The summed E-state index contributed by atoms with van der Waals surface area (Å²) in [5.74, 6) is 0.456. The van der Waals surface area contributed by atoms with Crippen molar-refractivity contribution >= 4 is 10.0 Å². The zero-order chi connectivity index (χ0) is 13.7. The van der Waals surface area contributed by atoms with E-state index in [1.54, 1.807) is 4.31 Å². The van der Waals surface area contributed by atoms with Crippen molar-refractivity contribution in [3.05, 3.63) is 0 Å². The van der Waals surface area contributed by atoms with Crippen molar-refractivity contribution in [3.8, 4) is 0 Å². The molecule has 1 unspecified atom stereocenters. The molecule has 6 heteroatoms. The summed E-state index contributed by atoms with van der Waals surface area (Å²) in [6, 6.07) is 0.119. The van der Waals surface area contributed by atoms with Crippen molar-refractivity contribution < 1.29 is 13.5 Å². The normalized spacial score (nSPS) is 26.1. The molecule has 112 valence electrons. The predicted octanol–water partition coefficient (Wildman–Crippen LogP) is 0.553. The Hall–Kier alpha value is -0.170. The summed E-state index contributed by atoms with van der Waals surface area (Å²) >= 11 is 0. The lowest BCUT2D eigenvalue weighted by atomic mass is 10.0. The molecular weight excluding hydrogens is 264 g/mol. The van der Waals surface area contributed by atoms with Gasteiger partial charge in [-0.05, 0) is 44.7 Å². The maximum atomic E-state index is 12.6. The standard InChI is InChI=1S/C13H26N2O3S/c16-9-8-15(13-5-1-2-6-13)19(17,18)11-12-4-3-7-14-10-12/h12-14,16H,1-11H2. The van der Waals surface area contributed by atoms with Crippen LogP contribution in [0.5, 0.6) is 0 Å². The number of aliphatic hydroxyl groups excluding tert-OH is 1. The number of nitrogens with one attached hydrogen (secondary N) is 1. The van der Waals surface area contributed by atoms with E-state index in [-0.39, 0.29) is 30.9 Å². The molecule has 1 saturated heterocycles. The highest BCUT2D eigenvalue weighted by atomic mass is 32.2. The summed E-state index contributed by atoms with van der Waals surface area (Å²) in [5.41, 5.74) is 0. The van der Waals surface area contributed by atoms with E-state index in [9.17, 15) is 8.42 Å². The van der Waals surface area contributed by atoms with Crippen molar-refractivity contribution in [1.29, 1.82) is 0 Å². The summed E-state index contributed by atoms with van der Waals surface area (Å²) in [5, 5.41) is 12.4. The van der Waals surface area contributed by atoms with Crippen molar-refractivity contribution in [2.75, 3.05) is 32.0 Å². The van der Waals surface area contributed by atoms with Crippen LogP contribution in [0.1, 0.15) is 38.5 Å². The molecule has 0 aromatic rings. The Morgan fingerprint density at radius 3 is 2.47 bits per heavy atom. The van der Waals surface area contributed by atoms with Gasteiger partial charge in [0.15, 0.2) is 0 Å². The number of hydrogen-bond donors (Lipinski definition) is 2. The average Bonchev–Trinajstić information content (AvgIpc) is 2.90. The first kappa shape index (κ1) is 15.2. The van der Waals surface area contributed by atoms with Crippen LogP contribution >= 0.6 is 0 Å². The third-order valence-corrected chi connectivity index (χ3v) is 6.34. The van der Waals surface area contributed by atoms with Crippen LogP contribution in [-0.4, -0.2) is 55.9 Å². The molecule has 19 heavy (non-hydrogen) atoms. The van der Waals surface area contributed by atoms with Crippen LogP contribution < -0.4 is 5.32 Å². The molecule has 1 saturated carbocycles. The first-order valence-corrected chi connectivity index (χ1v) is 9.05. The van der Waals surface area contributed by atoms with Crippen LogP contribution in [0.3, 0.4) is 0 Å². The Kier molecular flexibility index (Phi) is 5.62. The maximum absolute atomic E-state index is 12.6. The Balaban J connectivity index is 2.00. The molecule has 0 radical (unpaired) electrons. The second kappa shape index (κ2) is 7.02. The van der Waals surface area contributed by atoms with E-state index in [2.05, 4.69) is 5.32 Å². The van der Waals surface area contributed by atoms with E-state index in [0.717, 1.165) is 51.6 Å². The second-order valence-electron chi connectivity index (χ2n) is 5.76. The predicted molar refractivity (Wildman–Crippen MR) is 75.4 cm³/mol. The summed E-state index contributed by atoms with van der Waals surface area (Å²) in [6.45, 7) is 1.97. The highest BCUT2D eigenvalue weighted by Crippen LogP contribution is 2.27. The quantitative estimate of drug-likeness (QED) is 0.750. The van der Waals surface area contributed by atoms with Gasteiger partial charge in [0.25, 0.3) is 0 Å². The van der Waals surface area contributed by atoms with Crippen LogP contribution in [0.4, 0.5) is 0 Å². The van der Waals surface area contributed by atoms with Crippen molar-refractivity contribution in [2.45, 2.75) is 44.6 Å². The molecule has 1 heterocycles. The number of hydrogen-bond acceptors (Lipinski definition) is 4. The molecule has 2 aliphatic rings. The number of rotatable bonds is 6. The molecule has 5 nitrogen and oxygen atoms in total. The topological polar surface area (TPSA) is 69.6 Å². The Labute approximate surface area is 116 Å². The molecular formula is C13H26N2O3S. The minimum atomic E-state index is -3.23. The number of nitrogens with zero attached hydrogens (tertiary/aromatic N) is 1. The van der Waals surface area contributed by atoms with Gasteiger partial charge in [-0.1, -0.05) is 12.8 Å². The average molecular weight is 290 g/mol. The Bertz CT molecular complexity index is 360. The smallest absolute Gasteiger partial charge is 0.214 e. The molecule has 0 aromatic heterocycles. The highest BCUT2D eigenvalue weighted by molar-refractivity contribution is 7.89. The molecule has 2 N–H and O–H groups in total. The highest BCUT2D eigenvalue weighted by Gasteiger charge is 2.33. The fourth-order valence-corrected chi connectivity index (χ4v) is 5.40. The van der Waals surface area contributed by atoms with Crippen LogP contribution in [0.25, 0.3) is 0 Å². The van der Waals surface area contributed by atoms with Gasteiger partial charge in [-0.2, -0.15) is 4.31 Å². The molecule has 2 fully saturated rings. The molecule has 0 aromatic carbocycles. The molecule has 2 rings (SSSR count). The van der Waals surface area contributed by atoms with Gasteiger partial charge in [-0.15, -0.1) is 0 Å².